The summed E-state index contributed by atoms with van der Waals surface area (Å²) in [6.07, 6.45) is 3.04. The Morgan fingerprint density at radius 3 is 2.53 bits per heavy atom. The molecule has 30 heavy (non-hydrogen) atoms. The molecule has 0 spiro atoms. The van der Waals surface area contributed by atoms with Crippen LogP contribution >= 0.6 is 0 Å². The highest BCUT2D eigenvalue weighted by molar-refractivity contribution is 6.38. The van der Waals surface area contributed by atoms with Gasteiger partial charge in [-0.1, -0.05) is 20.8 Å². The van der Waals surface area contributed by atoms with E-state index in [9.17, 15) is 14.4 Å². The van der Waals surface area contributed by atoms with Gasteiger partial charge in [-0.3, -0.25) is 9.59 Å². The molecule has 2 rings (SSSR count). The van der Waals surface area contributed by atoms with Crippen LogP contribution in [0.2, 0.25) is 0 Å². The minimum atomic E-state index is -0.732. The lowest BCUT2D eigenvalue weighted by atomic mass is 9.84. The van der Waals surface area contributed by atoms with Gasteiger partial charge in [0.05, 0.1) is 20.8 Å². The number of carbonyl (C=O) groups is 3. The van der Waals surface area contributed by atoms with Crippen LogP contribution in [0.5, 0.6) is 11.5 Å². The summed E-state index contributed by atoms with van der Waals surface area (Å²) in [5.74, 6) is 0.0205. The molecule has 1 aliphatic heterocycles. The van der Waals surface area contributed by atoms with Crippen LogP contribution < -0.4 is 9.47 Å². The highest BCUT2D eigenvalue weighted by Gasteiger charge is 2.41. The minimum Gasteiger partial charge on any atom is -0.497 e. The Kier molecular flexibility index (Phi) is 8.26. The first-order valence-electron chi connectivity index (χ1n) is 10.5. The number of ketones is 1. The fourth-order valence-electron chi connectivity index (χ4n) is 3.44. The summed E-state index contributed by atoms with van der Waals surface area (Å²) in [6, 6.07) is 4.89. The molecule has 0 aromatic heterocycles. The molecule has 0 radical (unpaired) electrons. The molecule has 1 aromatic carbocycles. The van der Waals surface area contributed by atoms with Crippen molar-refractivity contribution in [2.24, 2.45) is 5.41 Å². The van der Waals surface area contributed by atoms with Crippen LogP contribution in [0.4, 0.5) is 0 Å². The van der Waals surface area contributed by atoms with Gasteiger partial charge >= 0.3 is 5.97 Å². The monoisotopic (exact) mass is 419 g/mol. The number of amides is 1. The van der Waals surface area contributed by atoms with Crippen molar-refractivity contribution in [1.82, 2.24) is 4.90 Å². The van der Waals surface area contributed by atoms with E-state index in [2.05, 4.69) is 0 Å². The van der Waals surface area contributed by atoms with Gasteiger partial charge in [0.25, 0.3) is 5.91 Å². The molecule has 0 aliphatic carbocycles. The van der Waals surface area contributed by atoms with E-state index in [-0.39, 0.29) is 6.61 Å². The Bertz CT molecular complexity index is 773. The third-order valence-corrected chi connectivity index (χ3v) is 5.80. The molecule has 1 heterocycles. The summed E-state index contributed by atoms with van der Waals surface area (Å²) >= 11 is 0. The van der Waals surface area contributed by atoms with Crippen LogP contribution in [0.15, 0.2) is 18.2 Å². The molecule has 1 aromatic rings. The van der Waals surface area contributed by atoms with E-state index in [1.54, 1.807) is 28.1 Å². The molecule has 1 unspecified atom stereocenters. The number of carbonyl (C=O) groups excluding carboxylic acids is 3. The van der Waals surface area contributed by atoms with Crippen LogP contribution in [-0.4, -0.2) is 56.0 Å². The number of likely N-dealkylation sites (tertiary alicyclic amines) is 1. The second kappa shape index (κ2) is 10.5. The number of ether oxygens (including phenoxy) is 3. The number of rotatable bonds is 10. The van der Waals surface area contributed by atoms with Crippen LogP contribution in [0.25, 0.3) is 0 Å². The second-order valence-electron chi connectivity index (χ2n) is 8.17. The summed E-state index contributed by atoms with van der Waals surface area (Å²) in [7, 11) is 3.21. The minimum absolute atomic E-state index is 0.228. The zero-order chi connectivity index (χ0) is 22.3. The standard InChI is InChI=1S/C23H33NO6/c1-6-23(2,3)20(25)21(26)24-13-7-10-18(24)22(27)30-14-8-9-16-15-17(28-4)11-12-19(16)29-5/h11-12,15,18H,6-10,13-14H2,1-5H3. The Labute approximate surface area is 178 Å². The van der Waals surface area contributed by atoms with Crippen LogP contribution in [0.1, 0.15) is 52.0 Å². The summed E-state index contributed by atoms with van der Waals surface area (Å²) in [6.45, 7) is 6.02. The molecule has 1 atom stereocenters. The van der Waals surface area contributed by atoms with Gasteiger partial charge < -0.3 is 19.1 Å². The topological polar surface area (TPSA) is 82.1 Å². The van der Waals surface area contributed by atoms with Crippen molar-refractivity contribution < 1.29 is 28.6 Å². The van der Waals surface area contributed by atoms with Gasteiger partial charge in [-0.25, -0.2) is 4.79 Å². The molecule has 1 aliphatic rings. The molecule has 0 saturated carbocycles. The lowest BCUT2D eigenvalue weighted by molar-refractivity contribution is -0.157. The molecule has 1 amide bonds. The number of aryl methyl sites for hydroxylation is 1. The average molecular weight is 420 g/mol. The van der Waals surface area contributed by atoms with Crippen molar-refractivity contribution >= 4 is 17.7 Å². The van der Waals surface area contributed by atoms with Gasteiger partial charge in [0.15, 0.2) is 0 Å². The number of nitrogens with zero attached hydrogens (tertiary/aromatic N) is 1. The van der Waals surface area contributed by atoms with E-state index in [1.807, 2.05) is 25.1 Å². The molecular weight excluding hydrogens is 386 g/mol. The summed E-state index contributed by atoms with van der Waals surface area (Å²) in [5, 5.41) is 0. The third kappa shape index (κ3) is 5.52. The first-order valence-corrected chi connectivity index (χ1v) is 10.5. The van der Waals surface area contributed by atoms with E-state index >= 15 is 0 Å². The van der Waals surface area contributed by atoms with Crippen molar-refractivity contribution in [2.75, 3.05) is 27.4 Å². The van der Waals surface area contributed by atoms with Crippen LogP contribution in [-0.2, 0) is 25.5 Å². The number of methoxy groups -OCH3 is 2. The first-order chi connectivity index (χ1) is 14.2. The summed E-state index contributed by atoms with van der Waals surface area (Å²) in [5.41, 5.74) is 0.238. The largest absolute Gasteiger partial charge is 0.497 e. The number of benzene rings is 1. The maximum atomic E-state index is 12.7. The fraction of sp³-hybridized carbons (Fsp3) is 0.609. The Morgan fingerprint density at radius 2 is 1.90 bits per heavy atom. The normalized spacial score (nSPS) is 16.3. The maximum absolute atomic E-state index is 12.7. The molecule has 1 saturated heterocycles. The molecule has 0 N–H and O–H groups in total. The first kappa shape index (κ1) is 23.7. The predicted molar refractivity (Wildman–Crippen MR) is 113 cm³/mol. The zero-order valence-electron chi connectivity index (χ0n) is 18.7. The van der Waals surface area contributed by atoms with E-state index in [4.69, 9.17) is 14.2 Å². The quantitative estimate of drug-likeness (QED) is 0.329. The fourth-order valence-corrected chi connectivity index (χ4v) is 3.44. The number of esters is 1. The smallest absolute Gasteiger partial charge is 0.328 e. The lowest BCUT2D eigenvalue weighted by Gasteiger charge is -2.27. The van der Waals surface area contributed by atoms with Gasteiger partial charge in [-0.05, 0) is 55.9 Å². The van der Waals surface area contributed by atoms with Crippen molar-refractivity contribution in [3.63, 3.8) is 0 Å². The number of Topliss-reactive ketones (excluding diaryl/α,β-unsaturated/α-hetero) is 1. The van der Waals surface area contributed by atoms with Crippen molar-refractivity contribution in [1.29, 1.82) is 0 Å². The van der Waals surface area contributed by atoms with E-state index in [0.717, 1.165) is 17.1 Å². The van der Waals surface area contributed by atoms with Crippen molar-refractivity contribution in [3.8, 4) is 11.5 Å². The Hall–Kier alpha value is -2.57. The van der Waals surface area contributed by atoms with Crippen molar-refractivity contribution in [2.45, 2.75) is 58.9 Å². The average Bonchev–Trinajstić information content (AvgIpc) is 3.25. The lowest BCUT2D eigenvalue weighted by Crippen LogP contribution is -2.48. The summed E-state index contributed by atoms with van der Waals surface area (Å²) < 4.78 is 16.0. The second-order valence-corrected chi connectivity index (χ2v) is 8.17. The molecule has 7 nitrogen and oxygen atoms in total. The third-order valence-electron chi connectivity index (χ3n) is 5.80. The zero-order valence-corrected chi connectivity index (χ0v) is 18.7. The Morgan fingerprint density at radius 1 is 1.17 bits per heavy atom. The molecule has 166 valence electrons. The van der Waals surface area contributed by atoms with Gasteiger partial charge in [0, 0.05) is 12.0 Å². The maximum Gasteiger partial charge on any atom is 0.328 e. The van der Waals surface area contributed by atoms with Crippen molar-refractivity contribution in [3.05, 3.63) is 23.8 Å². The van der Waals surface area contributed by atoms with E-state index in [0.29, 0.717) is 38.6 Å². The molecular formula is C23H33NO6. The van der Waals surface area contributed by atoms with Crippen LogP contribution in [0.3, 0.4) is 0 Å². The molecule has 7 heteroatoms. The van der Waals surface area contributed by atoms with Gasteiger partial charge in [0.2, 0.25) is 5.78 Å². The number of hydrogen-bond acceptors (Lipinski definition) is 6. The summed E-state index contributed by atoms with van der Waals surface area (Å²) in [4.78, 5) is 39.1. The van der Waals surface area contributed by atoms with Gasteiger partial charge in [0.1, 0.15) is 17.5 Å². The highest BCUT2D eigenvalue weighted by atomic mass is 16.5. The van der Waals surface area contributed by atoms with Gasteiger partial charge in [-0.2, -0.15) is 0 Å². The van der Waals surface area contributed by atoms with Crippen LogP contribution in [0, 0.1) is 5.41 Å². The molecule has 0 bridgehead atoms. The Balaban J connectivity index is 1.90. The SMILES string of the molecule is CCC(C)(C)C(=O)C(=O)N1CCCC1C(=O)OCCCc1cc(OC)ccc1OC. The van der Waals surface area contributed by atoms with E-state index in [1.165, 1.54) is 4.90 Å². The molecule has 1 fully saturated rings. The number of hydrogen-bond donors (Lipinski definition) is 0. The predicted octanol–water partition coefficient (Wildman–Crippen LogP) is 3.18. The van der Waals surface area contributed by atoms with E-state index < -0.39 is 29.1 Å². The van der Waals surface area contributed by atoms with Gasteiger partial charge in [-0.15, -0.1) is 0 Å². The highest BCUT2D eigenvalue weighted by Crippen LogP contribution is 2.27.